The average Bonchev–Trinajstić information content (AvgIpc) is 2.99. The Bertz CT molecular complexity index is 958. The summed E-state index contributed by atoms with van der Waals surface area (Å²) in [5.74, 6) is 0.0890. The molecule has 0 unspecified atom stereocenters. The second-order valence-electron chi connectivity index (χ2n) is 7.39. The molecule has 2 aromatic heterocycles. The smallest absolute Gasteiger partial charge is 0.271 e. The van der Waals surface area contributed by atoms with Gasteiger partial charge in [-0.05, 0) is 69.4 Å². The van der Waals surface area contributed by atoms with Gasteiger partial charge in [-0.1, -0.05) is 17.7 Å². The third kappa shape index (κ3) is 2.79. The van der Waals surface area contributed by atoms with Crippen molar-refractivity contribution in [2.24, 2.45) is 0 Å². The maximum absolute atomic E-state index is 13.4. The Hall–Kier alpha value is -2.62. The van der Waals surface area contributed by atoms with E-state index in [0.29, 0.717) is 0 Å². The highest BCUT2D eigenvalue weighted by Crippen LogP contribution is 2.33. The van der Waals surface area contributed by atoms with Gasteiger partial charge in [-0.25, -0.2) is 0 Å². The number of H-pyrrole nitrogens is 1. The van der Waals surface area contributed by atoms with Crippen molar-refractivity contribution in [3.05, 3.63) is 64.6 Å². The van der Waals surface area contributed by atoms with Crippen molar-refractivity contribution in [2.75, 3.05) is 6.54 Å². The summed E-state index contributed by atoms with van der Waals surface area (Å²) in [7, 11) is 0. The summed E-state index contributed by atoms with van der Waals surface area (Å²) in [6.45, 7) is 7.02. The molecule has 0 radical (unpaired) electrons. The van der Waals surface area contributed by atoms with Gasteiger partial charge in [0.2, 0.25) is 0 Å². The predicted molar refractivity (Wildman–Crippen MR) is 104 cm³/mol. The molecule has 4 rings (SSSR count). The molecule has 1 aliphatic heterocycles. The predicted octanol–water partition coefficient (Wildman–Crippen LogP) is 4.86. The molecule has 26 heavy (non-hydrogen) atoms. The van der Waals surface area contributed by atoms with E-state index < -0.39 is 0 Å². The molecule has 134 valence electrons. The van der Waals surface area contributed by atoms with Crippen LogP contribution in [0.4, 0.5) is 0 Å². The van der Waals surface area contributed by atoms with Crippen LogP contribution in [0.25, 0.3) is 10.9 Å². The van der Waals surface area contributed by atoms with E-state index in [9.17, 15) is 4.79 Å². The number of amides is 1. The number of hydrogen-bond acceptors (Lipinski definition) is 2. The number of piperidine rings is 1. The van der Waals surface area contributed by atoms with E-state index in [2.05, 4.69) is 35.9 Å². The molecule has 1 N–H and O–H groups in total. The van der Waals surface area contributed by atoms with E-state index in [1.165, 1.54) is 11.1 Å². The fourth-order valence-electron chi connectivity index (χ4n) is 4.20. The second kappa shape index (κ2) is 6.60. The number of carbonyl (C=O) groups is 1. The molecule has 1 fully saturated rings. The molecular weight excluding hydrogens is 322 g/mol. The number of rotatable bonds is 2. The number of hydrogen-bond donors (Lipinski definition) is 1. The third-order valence-corrected chi connectivity index (χ3v) is 5.52. The van der Waals surface area contributed by atoms with Crippen molar-refractivity contribution in [3.63, 3.8) is 0 Å². The number of aromatic amines is 1. The molecule has 1 aliphatic rings. The molecule has 4 heteroatoms. The monoisotopic (exact) mass is 347 g/mol. The second-order valence-corrected chi connectivity index (χ2v) is 7.39. The van der Waals surface area contributed by atoms with Crippen LogP contribution in [0, 0.1) is 20.8 Å². The van der Waals surface area contributed by atoms with Crippen LogP contribution in [0.15, 0.2) is 36.5 Å². The summed E-state index contributed by atoms with van der Waals surface area (Å²) in [4.78, 5) is 23.4. The summed E-state index contributed by atoms with van der Waals surface area (Å²) >= 11 is 0. The van der Waals surface area contributed by atoms with Crippen molar-refractivity contribution in [1.82, 2.24) is 14.9 Å². The van der Waals surface area contributed by atoms with Crippen LogP contribution in [0.1, 0.15) is 58.2 Å². The fourth-order valence-corrected chi connectivity index (χ4v) is 4.20. The van der Waals surface area contributed by atoms with Gasteiger partial charge in [-0.2, -0.15) is 0 Å². The number of likely N-dealkylation sites (tertiary alicyclic amines) is 1. The lowest BCUT2D eigenvalue weighted by Crippen LogP contribution is -2.39. The Morgan fingerprint density at radius 2 is 2.04 bits per heavy atom. The van der Waals surface area contributed by atoms with Crippen LogP contribution < -0.4 is 0 Å². The van der Waals surface area contributed by atoms with Gasteiger partial charge in [0.15, 0.2) is 0 Å². The zero-order valence-corrected chi connectivity index (χ0v) is 15.7. The van der Waals surface area contributed by atoms with Crippen molar-refractivity contribution in [2.45, 2.75) is 46.1 Å². The lowest BCUT2D eigenvalue weighted by molar-refractivity contribution is 0.0600. The maximum atomic E-state index is 13.4. The van der Waals surface area contributed by atoms with E-state index in [-0.39, 0.29) is 11.9 Å². The maximum Gasteiger partial charge on any atom is 0.271 e. The van der Waals surface area contributed by atoms with E-state index >= 15 is 0 Å². The first-order valence-electron chi connectivity index (χ1n) is 9.37. The zero-order chi connectivity index (χ0) is 18.3. The molecule has 3 heterocycles. The van der Waals surface area contributed by atoms with Gasteiger partial charge in [-0.3, -0.25) is 9.78 Å². The number of fused-ring (bicyclic) bond motifs is 1. The number of pyridine rings is 1. The number of nitrogens with one attached hydrogen (secondary N) is 1. The number of aromatic nitrogens is 2. The minimum Gasteiger partial charge on any atom is -0.350 e. The number of nitrogens with zero attached hydrogens (tertiary/aromatic N) is 2. The number of carbonyl (C=O) groups excluding carboxylic acids is 1. The fraction of sp³-hybridized carbons (Fsp3) is 0.364. The Labute approximate surface area is 154 Å². The van der Waals surface area contributed by atoms with Crippen molar-refractivity contribution >= 4 is 16.8 Å². The van der Waals surface area contributed by atoms with Crippen LogP contribution in [-0.4, -0.2) is 27.3 Å². The molecule has 0 bridgehead atoms. The van der Waals surface area contributed by atoms with Gasteiger partial charge in [0.05, 0.1) is 11.7 Å². The van der Waals surface area contributed by atoms with Crippen LogP contribution in [0.5, 0.6) is 0 Å². The lowest BCUT2D eigenvalue weighted by Gasteiger charge is -2.35. The SMILES string of the molecule is Cc1cc(C)c2[nH]c(C(=O)N3CCCC[C@H]3c3ccccn3)c(C)c2c1. The number of benzene rings is 1. The lowest BCUT2D eigenvalue weighted by atomic mass is 9.98. The molecule has 1 aromatic carbocycles. The van der Waals surface area contributed by atoms with Gasteiger partial charge in [0.25, 0.3) is 5.91 Å². The van der Waals surface area contributed by atoms with Crippen molar-refractivity contribution in [1.29, 1.82) is 0 Å². The van der Waals surface area contributed by atoms with E-state index in [0.717, 1.165) is 53.7 Å². The van der Waals surface area contributed by atoms with Crippen LogP contribution in [0.2, 0.25) is 0 Å². The van der Waals surface area contributed by atoms with E-state index in [1.54, 1.807) is 0 Å². The van der Waals surface area contributed by atoms with Crippen LogP contribution >= 0.6 is 0 Å². The minimum atomic E-state index is 0.0612. The van der Waals surface area contributed by atoms with Gasteiger partial charge >= 0.3 is 0 Å². The Kier molecular flexibility index (Phi) is 4.27. The summed E-state index contributed by atoms with van der Waals surface area (Å²) in [6, 6.07) is 10.3. The first-order chi connectivity index (χ1) is 12.6. The highest BCUT2D eigenvalue weighted by atomic mass is 16.2. The molecule has 0 saturated carbocycles. The van der Waals surface area contributed by atoms with Gasteiger partial charge in [0.1, 0.15) is 5.69 Å². The largest absolute Gasteiger partial charge is 0.350 e. The molecule has 1 saturated heterocycles. The molecule has 0 spiro atoms. The highest BCUT2D eigenvalue weighted by molar-refractivity contribution is 6.02. The normalized spacial score (nSPS) is 17.7. The Morgan fingerprint density at radius 1 is 1.19 bits per heavy atom. The molecule has 1 amide bonds. The van der Waals surface area contributed by atoms with Gasteiger partial charge < -0.3 is 9.88 Å². The molecule has 0 aliphatic carbocycles. The minimum absolute atomic E-state index is 0.0612. The molecule has 3 aromatic rings. The standard InChI is InChI=1S/C22H25N3O/c1-14-12-15(2)20-17(13-14)16(3)21(24-20)22(26)25-11-7-5-9-19(25)18-8-4-6-10-23-18/h4,6,8,10,12-13,19,24H,5,7,9,11H2,1-3H3/t19-/m0/s1. The highest BCUT2D eigenvalue weighted by Gasteiger charge is 2.31. The van der Waals surface area contributed by atoms with Crippen molar-refractivity contribution in [3.8, 4) is 0 Å². The first-order valence-corrected chi connectivity index (χ1v) is 9.37. The van der Waals surface area contributed by atoms with Crippen LogP contribution in [-0.2, 0) is 0 Å². The Balaban J connectivity index is 1.75. The topological polar surface area (TPSA) is 49.0 Å². The molecule has 1 atom stereocenters. The van der Waals surface area contributed by atoms with Gasteiger partial charge in [0, 0.05) is 23.6 Å². The average molecular weight is 347 g/mol. The van der Waals surface area contributed by atoms with Crippen molar-refractivity contribution < 1.29 is 4.79 Å². The third-order valence-electron chi connectivity index (χ3n) is 5.52. The van der Waals surface area contributed by atoms with Gasteiger partial charge in [-0.15, -0.1) is 0 Å². The number of aryl methyl sites for hydroxylation is 3. The van der Waals surface area contributed by atoms with Crippen LogP contribution in [0.3, 0.4) is 0 Å². The Morgan fingerprint density at radius 3 is 2.81 bits per heavy atom. The quantitative estimate of drug-likeness (QED) is 0.720. The summed E-state index contributed by atoms with van der Waals surface area (Å²) in [5.41, 5.74) is 6.23. The van der Waals surface area contributed by atoms with E-state index in [1.807, 2.05) is 36.2 Å². The molecule has 4 nitrogen and oxygen atoms in total. The summed E-state index contributed by atoms with van der Waals surface area (Å²) in [6.07, 6.45) is 4.97. The summed E-state index contributed by atoms with van der Waals surface area (Å²) in [5, 5.41) is 1.15. The first kappa shape index (κ1) is 16.8. The van der Waals surface area contributed by atoms with E-state index in [4.69, 9.17) is 0 Å². The molecular formula is C22H25N3O. The zero-order valence-electron chi connectivity index (χ0n) is 15.7. The summed E-state index contributed by atoms with van der Waals surface area (Å²) < 4.78 is 0.